The summed E-state index contributed by atoms with van der Waals surface area (Å²) in [5.41, 5.74) is 3.71. The molecule has 2 amide bonds. The first-order valence-corrected chi connectivity index (χ1v) is 14.8. The molecule has 0 saturated heterocycles. The summed E-state index contributed by atoms with van der Waals surface area (Å²) in [5, 5.41) is 5.03. The Labute approximate surface area is 267 Å². The lowest BCUT2D eigenvalue weighted by Crippen LogP contribution is -2.48. The third-order valence-electron chi connectivity index (χ3n) is 5.95. The maximum absolute atomic E-state index is 13.0. The number of amides is 2. The van der Waals surface area contributed by atoms with Crippen LogP contribution in [0.15, 0.2) is 11.1 Å². The van der Waals surface area contributed by atoms with E-state index in [9.17, 15) is 24.0 Å². The van der Waals surface area contributed by atoms with Crippen LogP contribution in [0.4, 0.5) is 15.5 Å². The number of carbonyl (C=O) groups is 4. The van der Waals surface area contributed by atoms with E-state index >= 15 is 0 Å². The summed E-state index contributed by atoms with van der Waals surface area (Å²) < 4.78 is 28.8. The van der Waals surface area contributed by atoms with Gasteiger partial charge in [0.2, 0.25) is 5.95 Å². The van der Waals surface area contributed by atoms with Gasteiger partial charge in [0.05, 0.1) is 6.33 Å². The number of imidazole rings is 1. The number of ether oxygens (including phenoxy) is 5. The molecule has 2 heterocycles. The number of aromatic amines is 1. The highest BCUT2D eigenvalue weighted by Crippen LogP contribution is 2.13. The molecule has 17 nitrogen and oxygen atoms in total. The lowest BCUT2D eigenvalue weighted by Gasteiger charge is -2.26. The molecule has 2 rings (SSSR count). The average molecular weight is 654 g/mol. The standard InChI is InChI=1S/C29H47N7O10/c1-15(2)18(32-26(40)45-28(5,6)7)23(38)42-11-17(44-14-36-13-31-20-21(36)34-25(30)35-22(20)37)12-43-24(39)19(16(3)4)33-27(41)46-29(8,9)10/h13,15-19H,11-12,14H2,1-10H3,(H,32,40)(H,33,41)(H3,30,34,35,37)/t18-,19-/m0/s1. The summed E-state index contributed by atoms with van der Waals surface area (Å²) >= 11 is 0. The monoisotopic (exact) mass is 653 g/mol. The highest BCUT2D eigenvalue weighted by Gasteiger charge is 2.31. The largest absolute Gasteiger partial charge is 0.461 e. The van der Waals surface area contributed by atoms with Gasteiger partial charge in [0.15, 0.2) is 11.2 Å². The molecule has 2 aromatic heterocycles. The molecule has 2 aromatic rings. The van der Waals surface area contributed by atoms with E-state index in [2.05, 4.69) is 25.6 Å². The van der Waals surface area contributed by atoms with Crippen molar-refractivity contribution < 1.29 is 42.9 Å². The predicted molar refractivity (Wildman–Crippen MR) is 165 cm³/mol. The highest BCUT2D eigenvalue weighted by molar-refractivity contribution is 5.82. The molecule has 258 valence electrons. The number of nitrogens with zero attached hydrogens (tertiary/aromatic N) is 3. The first-order valence-electron chi connectivity index (χ1n) is 14.8. The molecule has 0 spiro atoms. The quantitative estimate of drug-likeness (QED) is 0.180. The van der Waals surface area contributed by atoms with Gasteiger partial charge in [-0.15, -0.1) is 0 Å². The fourth-order valence-electron chi connectivity index (χ4n) is 3.79. The molecule has 0 aliphatic rings. The van der Waals surface area contributed by atoms with Crippen LogP contribution in [-0.2, 0) is 40.0 Å². The van der Waals surface area contributed by atoms with Crippen molar-refractivity contribution in [3.05, 3.63) is 16.7 Å². The molecule has 2 atom stereocenters. The second-order valence-corrected chi connectivity index (χ2v) is 13.3. The van der Waals surface area contributed by atoms with Crippen molar-refractivity contribution in [1.29, 1.82) is 0 Å². The number of fused-ring (bicyclic) bond motifs is 1. The first kappa shape index (κ1) is 37.8. The van der Waals surface area contributed by atoms with Crippen LogP contribution >= 0.6 is 0 Å². The third kappa shape index (κ3) is 12.2. The zero-order valence-corrected chi connectivity index (χ0v) is 28.1. The van der Waals surface area contributed by atoms with Crippen LogP contribution in [-0.4, -0.2) is 86.2 Å². The Morgan fingerprint density at radius 2 is 1.33 bits per heavy atom. The molecule has 0 radical (unpaired) electrons. The number of nitrogen functional groups attached to an aromatic ring is 1. The van der Waals surface area contributed by atoms with Crippen molar-refractivity contribution in [3.63, 3.8) is 0 Å². The van der Waals surface area contributed by atoms with Gasteiger partial charge in [0.1, 0.15) is 49.3 Å². The van der Waals surface area contributed by atoms with Crippen LogP contribution in [0.5, 0.6) is 0 Å². The van der Waals surface area contributed by atoms with Gasteiger partial charge < -0.3 is 40.1 Å². The number of hydrogen-bond acceptors (Lipinski definition) is 13. The summed E-state index contributed by atoms with van der Waals surface area (Å²) in [6, 6.07) is -2.12. The molecule has 46 heavy (non-hydrogen) atoms. The number of nitrogens with two attached hydrogens (primary N) is 1. The Bertz CT molecular complexity index is 1360. The van der Waals surface area contributed by atoms with Crippen molar-refractivity contribution in [2.75, 3.05) is 18.9 Å². The van der Waals surface area contributed by atoms with Crippen LogP contribution in [0.25, 0.3) is 11.2 Å². The van der Waals surface area contributed by atoms with Crippen LogP contribution in [0, 0.1) is 11.8 Å². The number of nitrogens with one attached hydrogen (secondary N) is 3. The van der Waals surface area contributed by atoms with Gasteiger partial charge in [0, 0.05) is 0 Å². The molecule has 0 aromatic carbocycles. The number of aromatic nitrogens is 4. The van der Waals surface area contributed by atoms with Gasteiger partial charge >= 0.3 is 24.1 Å². The van der Waals surface area contributed by atoms with E-state index in [4.69, 9.17) is 29.4 Å². The Morgan fingerprint density at radius 3 is 1.74 bits per heavy atom. The van der Waals surface area contributed by atoms with Crippen LogP contribution < -0.4 is 21.9 Å². The number of rotatable bonds is 13. The van der Waals surface area contributed by atoms with Crippen molar-refractivity contribution in [2.45, 2.75) is 105 Å². The number of esters is 2. The molecule has 5 N–H and O–H groups in total. The van der Waals surface area contributed by atoms with Crippen LogP contribution in [0.1, 0.15) is 69.2 Å². The minimum atomic E-state index is -1.06. The van der Waals surface area contributed by atoms with Crippen molar-refractivity contribution in [3.8, 4) is 0 Å². The van der Waals surface area contributed by atoms with E-state index in [1.54, 1.807) is 69.2 Å². The Morgan fingerprint density at radius 1 is 0.870 bits per heavy atom. The lowest BCUT2D eigenvalue weighted by atomic mass is 10.1. The number of alkyl carbamates (subject to hydrolysis) is 2. The van der Waals surface area contributed by atoms with Crippen molar-refractivity contribution >= 4 is 41.2 Å². The number of hydrogen-bond donors (Lipinski definition) is 4. The second-order valence-electron chi connectivity index (χ2n) is 13.3. The molecule has 0 unspecified atom stereocenters. The van der Waals surface area contributed by atoms with Gasteiger partial charge in [-0.3, -0.25) is 14.3 Å². The molecule has 0 aliphatic carbocycles. The molecular formula is C29H47N7O10. The van der Waals surface area contributed by atoms with E-state index in [-0.39, 0.29) is 35.7 Å². The van der Waals surface area contributed by atoms with Crippen molar-refractivity contribution in [2.24, 2.45) is 11.8 Å². The molecule has 17 heteroatoms. The Balaban J connectivity index is 2.20. The topological polar surface area (TPSA) is 228 Å². The van der Waals surface area contributed by atoms with E-state index in [1.165, 1.54) is 10.9 Å². The molecule has 0 bridgehead atoms. The van der Waals surface area contributed by atoms with Crippen LogP contribution in [0.2, 0.25) is 0 Å². The molecular weight excluding hydrogens is 606 g/mol. The number of carbonyl (C=O) groups excluding carboxylic acids is 4. The van der Waals surface area contributed by atoms with Gasteiger partial charge in [-0.1, -0.05) is 27.7 Å². The lowest BCUT2D eigenvalue weighted by molar-refractivity contribution is -0.161. The van der Waals surface area contributed by atoms with Gasteiger partial charge in [-0.05, 0) is 53.4 Å². The first-order chi connectivity index (χ1) is 21.2. The zero-order chi connectivity index (χ0) is 35.0. The Hall–Kier alpha value is -4.41. The van der Waals surface area contributed by atoms with E-state index in [0.717, 1.165) is 0 Å². The minimum absolute atomic E-state index is 0.0215. The van der Waals surface area contributed by atoms with Crippen molar-refractivity contribution in [1.82, 2.24) is 30.2 Å². The summed E-state index contributed by atoms with van der Waals surface area (Å²) in [4.78, 5) is 73.4. The summed E-state index contributed by atoms with van der Waals surface area (Å²) in [6.45, 7) is 15.9. The van der Waals surface area contributed by atoms with E-state index < -0.39 is 72.3 Å². The summed E-state index contributed by atoms with van der Waals surface area (Å²) in [7, 11) is 0. The fraction of sp³-hybridized carbons (Fsp3) is 0.690. The normalized spacial score (nSPS) is 13.4. The minimum Gasteiger partial charge on any atom is -0.461 e. The average Bonchev–Trinajstić information content (AvgIpc) is 3.30. The Kier molecular flexibility index (Phi) is 12.9. The molecule has 0 aliphatic heterocycles. The molecule has 0 fully saturated rings. The maximum Gasteiger partial charge on any atom is 0.408 e. The fourth-order valence-corrected chi connectivity index (χ4v) is 3.79. The highest BCUT2D eigenvalue weighted by atomic mass is 16.6. The van der Waals surface area contributed by atoms with Gasteiger partial charge in [0.25, 0.3) is 5.56 Å². The summed E-state index contributed by atoms with van der Waals surface area (Å²) in [5.74, 6) is -2.42. The predicted octanol–water partition coefficient (Wildman–Crippen LogP) is 2.23. The zero-order valence-electron chi connectivity index (χ0n) is 28.1. The maximum atomic E-state index is 13.0. The SMILES string of the molecule is CC(C)[C@H](NC(=O)OC(C)(C)C)C(=O)OCC(COC(=O)[C@@H](NC(=O)OC(C)(C)C)C(C)C)OCn1cnc2c(=O)[nH]c(N)nc21. The van der Waals surface area contributed by atoms with E-state index in [0.29, 0.717) is 0 Å². The summed E-state index contributed by atoms with van der Waals surface area (Å²) in [6.07, 6.45) is -1.33. The van der Waals surface area contributed by atoms with Gasteiger partial charge in [-0.25, -0.2) is 24.2 Å². The van der Waals surface area contributed by atoms with E-state index in [1.807, 2.05) is 0 Å². The van der Waals surface area contributed by atoms with Crippen LogP contribution in [0.3, 0.4) is 0 Å². The number of anilines is 1. The third-order valence-corrected chi connectivity index (χ3v) is 5.95. The second kappa shape index (κ2) is 15.7. The smallest absolute Gasteiger partial charge is 0.408 e. The number of H-pyrrole nitrogens is 1. The molecule has 0 saturated carbocycles. The van der Waals surface area contributed by atoms with Gasteiger partial charge in [-0.2, -0.15) is 4.98 Å².